The molecule has 2 N–H and O–H groups in total. The topological polar surface area (TPSA) is 87.0 Å². The summed E-state index contributed by atoms with van der Waals surface area (Å²) in [6.45, 7) is 12.2. The van der Waals surface area contributed by atoms with Gasteiger partial charge < -0.3 is 10.2 Å². The van der Waals surface area contributed by atoms with Gasteiger partial charge in [-0.1, -0.05) is 48.0 Å². The first-order valence-electron chi connectivity index (χ1n) is 10.4. The molecule has 27 heavy (non-hydrogen) atoms. The van der Waals surface area contributed by atoms with E-state index in [0.717, 1.165) is 6.42 Å². The highest BCUT2D eigenvalue weighted by molar-refractivity contribution is 6.20. The van der Waals surface area contributed by atoms with Gasteiger partial charge in [0.15, 0.2) is 17.2 Å². The maximum Gasteiger partial charge on any atom is 0.187 e. The Hall–Kier alpha value is -1.07. The van der Waals surface area contributed by atoms with E-state index in [9.17, 15) is 19.8 Å². The maximum absolute atomic E-state index is 13.2. The van der Waals surface area contributed by atoms with Gasteiger partial charge in [0.25, 0.3) is 0 Å². The van der Waals surface area contributed by atoms with Crippen LogP contribution in [0.1, 0.15) is 73.6 Å². The third-order valence-electron chi connectivity index (χ3n) is 5.64. The molecule has 0 aromatic rings. The van der Waals surface area contributed by atoms with E-state index in [1.54, 1.807) is 7.05 Å². The van der Waals surface area contributed by atoms with Crippen molar-refractivity contribution in [1.29, 1.82) is 0 Å². The Morgan fingerprint density at radius 1 is 1.07 bits per heavy atom. The summed E-state index contributed by atoms with van der Waals surface area (Å²) in [5.41, 5.74) is -1.51. The molecule has 4 atom stereocenters. The Labute approximate surface area is 164 Å². The summed E-state index contributed by atoms with van der Waals surface area (Å²) in [6, 6.07) is 0. The minimum atomic E-state index is -2.10. The summed E-state index contributed by atoms with van der Waals surface area (Å²) in [5, 5.41) is 22.3. The van der Waals surface area contributed by atoms with Crippen molar-refractivity contribution in [1.82, 2.24) is 0 Å². The van der Waals surface area contributed by atoms with Crippen molar-refractivity contribution in [2.75, 3.05) is 7.05 Å². The SMILES string of the molecule is CN=C(CC(C)C)C1C(=O)C(O)(C(=O)CCC(C)C)C(CCC(C)C)C1O. The molecule has 5 nitrogen and oxygen atoms in total. The fourth-order valence-corrected chi connectivity index (χ4v) is 4.03. The van der Waals surface area contributed by atoms with Gasteiger partial charge >= 0.3 is 0 Å². The number of ketones is 2. The third kappa shape index (κ3) is 5.47. The molecular weight excluding hydrogens is 342 g/mol. The molecule has 0 amide bonds. The van der Waals surface area contributed by atoms with Crippen molar-refractivity contribution in [3.63, 3.8) is 0 Å². The van der Waals surface area contributed by atoms with Gasteiger partial charge in [0.2, 0.25) is 0 Å². The number of rotatable bonds is 10. The zero-order chi connectivity index (χ0) is 20.9. The summed E-state index contributed by atoms with van der Waals surface area (Å²) in [4.78, 5) is 30.4. The highest BCUT2D eigenvalue weighted by Gasteiger charge is 2.63. The summed E-state index contributed by atoms with van der Waals surface area (Å²) < 4.78 is 0. The second kappa shape index (κ2) is 9.92. The van der Waals surface area contributed by atoms with Crippen LogP contribution < -0.4 is 0 Å². The summed E-state index contributed by atoms with van der Waals surface area (Å²) in [7, 11) is 1.61. The Kier molecular flexibility index (Phi) is 8.81. The van der Waals surface area contributed by atoms with E-state index in [4.69, 9.17) is 0 Å². The predicted octanol–water partition coefficient (Wildman–Crippen LogP) is 3.45. The number of aliphatic imine (C=N–C) groups is 1. The third-order valence-corrected chi connectivity index (χ3v) is 5.64. The molecule has 1 aliphatic rings. The first kappa shape index (κ1) is 24.0. The number of hydrogen-bond acceptors (Lipinski definition) is 5. The van der Waals surface area contributed by atoms with Crippen molar-refractivity contribution in [3.8, 4) is 0 Å². The average Bonchev–Trinajstić information content (AvgIpc) is 2.76. The van der Waals surface area contributed by atoms with Crippen LogP contribution in [0.3, 0.4) is 0 Å². The lowest BCUT2D eigenvalue weighted by Crippen LogP contribution is -2.50. The summed E-state index contributed by atoms with van der Waals surface area (Å²) >= 11 is 0. The van der Waals surface area contributed by atoms with Crippen LogP contribution in [0, 0.1) is 29.6 Å². The Bertz CT molecular complexity index is 553. The molecule has 5 heteroatoms. The smallest absolute Gasteiger partial charge is 0.187 e. The van der Waals surface area contributed by atoms with E-state index in [1.807, 2.05) is 27.7 Å². The predicted molar refractivity (Wildman–Crippen MR) is 109 cm³/mol. The number of hydrogen-bond donors (Lipinski definition) is 2. The van der Waals surface area contributed by atoms with Crippen molar-refractivity contribution in [2.45, 2.75) is 85.4 Å². The van der Waals surface area contributed by atoms with Crippen molar-refractivity contribution < 1.29 is 19.8 Å². The minimum absolute atomic E-state index is 0.153. The molecule has 0 bridgehead atoms. The van der Waals surface area contributed by atoms with Crippen LogP contribution >= 0.6 is 0 Å². The molecule has 156 valence electrons. The molecule has 1 fully saturated rings. The van der Waals surface area contributed by atoms with E-state index < -0.39 is 35.1 Å². The molecular formula is C22H39NO4. The van der Waals surface area contributed by atoms with E-state index in [-0.39, 0.29) is 12.3 Å². The zero-order valence-electron chi connectivity index (χ0n) is 18.2. The number of carbonyl (C=O) groups is 2. The molecule has 1 saturated carbocycles. The average molecular weight is 382 g/mol. The number of aliphatic hydroxyl groups excluding tert-OH is 1. The highest BCUT2D eigenvalue weighted by atomic mass is 16.3. The molecule has 0 aromatic carbocycles. The van der Waals surface area contributed by atoms with Crippen LogP contribution in [0.5, 0.6) is 0 Å². The van der Waals surface area contributed by atoms with Gasteiger partial charge in [0.05, 0.1) is 12.0 Å². The summed E-state index contributed by atoms with van der Waals surface area (Å²) in [6.07, 6.45) is 1.46. The molecule has 1 aliphatic carbocycles. The van der Waals surface area contributed by atoms with E-state index in [0.29, 0.717) is 36.8 Å². The van der Waals surface area contributed by atoms with Crippen LogP contribution in [-0.2, 0) is 9.59 Å². The number of nitrogens with zero attached hydrogens (tertiary/aromatic N) is 1. The van der Waals surface area contributed by atoms with Gasteiger partial charge in [0, 0.05) is 25.1 Å². The van der Waals surface area contributed by atoms with Gasteiger partial charge in [-0.3, -0.25) is 14.6 Å². The molecule has 4 unspecified atom stereocenters. The fourth-order valence-electron chi connectivity index (χ4n) is 4.03. The van der Waals surface area contributed by atoms with Crippen LogP contribution in [0.4, 0.5) is 0 Å². The van der Waals surface area contributed by atoms with Crippen molar-refractivity contribution in [3.05, 3.63) is 0 Å². The van der Waals surface area contributed by atoms with Crippen LogP contribution in [0.15, 0.2) is 4.99 Å². The number of carbonyl (C=O) groups excluding carboxylic acids is 2. The molecule has 1 rings (SSSR count). The Balaban J connectivity index is 3.26. The molecule has 0 heterocycles. The molecule has 0 radical (unpaired) electrons. The lowest BCUT2D eigenvalue weighted by atomic mass is 9.79. The Morgan fingerprint density at radius 2 is 1.63 bits per heavy atom. The Morgan fingerprint density at radius 3 is 2.07 bits per heavy atom. The lowest BCUT2D eigenvalue weighted by molar-refractivity contribution is -0.154. The fraction of sp³-hybridized carbons (Fsp3) is 0.864. The van der Waals surface area contributed by atoms with Gasteiger partial charge in [-0.2, -0.15) is 0 Å². The van der Waals surface area contributed by atoms with Gasteiger partial charge in [-0.25, -0.2) is 0 Å². The standard InChI is InChI=1S/C22H39NO4/c1-13(2)8-10-16-20(25)19(17(23-7)12-15(5)6)21(26)22(16,27)18(24)11-9-14(3)4/h13-16,19-20,25,27H,8-12H2,1-7H3. The van der Waals surface area contributed by atoms with Gasteiger partial charge in [-0.15, -0.1) is 0 Å². The van der Waals surface area contributed by atoms with Gasteiger partial charge in [0.1, 0.15) is 0 Å². The minimum Gasteiger partial charge on any atom is -0.392 e. The molecule has 0 saturated heterocycles. The summed E-state index contributed by atoms with van der Waals surface area (Å²) in [5.74, 6) is -1.73. The van der Waals surface area contributed by atoms with E-state index in [2.05, 4.69) is 18.8 Å². The lowest BCUT2D eigenvalue weighted by Gasteiger charge is -2.29. The number of aliphatic hydroxyl groups is 2. The zero-order valence-corrected chi connectivity index (χ0v) is 18.2. The molecule has 0 aromatic heterocycles. The van der Waals surface area contributed by atoms with Crippen LogP contribution in [0.25, 0.3) is 0 Å². The van der Waals surface area contributed by atoms with Crippen LogP contribution in [-0.4, -0.2) is 46.2 Å². The largest absolute Gasteiger partial charge is 0.392 e. The van der Waals surface area contributed by atoms with Crippen molar-refractivity contribution in [2.24, 2.45) is 34.6 Å². The van der Waals surface area contributed by atoms with Gasteiger partial charge in [-0.05, 0) is 37.0 Å². The van der Waals surface area contributed by atoms with Crippen LogP contribution in [0.2, 0.25) is 0 Å². The second-order valence-corrected chi connectivity index (χ2v) is 9.35. The first-order chi connectivity index (χ1) is 12.5. The van der Waals surface area contributed by atoms with E-state index >= 15 is 0 Å². The molecule has 0 aliphatic heterocycles. The quantitative estimate of drug-likeness (QED) is 0.448. The number of Topliss-reactive ketones (excluding diaryl/α,β-unsaturated/α-hetero) is 2. The monoisotopic (exact) mass is 381 g/mol. The van der Waals surface area contributed by atoms with E-state index in [1.165, 1.54) is 0 Å². The normalized spacial score (nSPS) is 29.4. The highest BCUT2D eigenvalue weighted by Crippen LogP contribution is 2.43. The maximum atomic E-state index is 13.2. The molecule has 0 spiro atoms. The van der Waals surface area contributed by atoms with Crippen molar-refractivity contribution >= 4 is 17.3 Å². The first-order valence-corrected chi connectivity index (χ1v) is 10.4. The second-order valence-electron chi connectivity index (χ2n) is 9.35.